The largest absolute Gasteiger partial charge is 0.495 e. The van der Waals surface area contributed by atoms with E-state index in [0.717, 1.165) is 10.9 Å². The van der Waals surface area contributed by atoms with Gasteiger partial charge in [-0.05, 0) is 24.1 Å². The van der Waals surface area contributed by atoms with Crippen molar-refractivity contribution < 1.29 is 9.53 Å². The zero-order valence-electron chi connectivity index (χ0n) is 11.1. The number of aromatic nitrogens is 1. The molecule has 0 saturated heterocycles. The number of ether oxygens (including phenoxy) is 1. The van der Waals surface area contributed by atoms with E-state index in [9.17, 15) is 9.70 Å². The van der Waals surface area contributed by atoms with Crippen molar-refractivity contribution in [3.8, 4) is 5.75 Å². The number of halogens is 1. The second kappa shape index (κ2) is 5.92. The molecular weight excluding hydrogens is 282 g/mol. The fourth-order valence-corrected chi connectivity index (χ4v) is 2.31. The van der Waals surface area contributed by atoms with Crippen LogP contribution in [0.15, 0.2) is 23.6 Å². The molecule has 20 heavy (non-hydrogen) atoms. The van der Waals surface area contributed by atoms with Gasteiger partial charge in [-0.1, -0.05) is 11.6 Å². The van der Waals surface area contributed by atoms with Crippen molar-refractivity contribution in [2.24, 2.45) is 5.29 Å². The summed E-state index contributed by atoms with van der Waals surface area (Å²) >= 11 is 6.05. The van der Waals surface area contributed by atoms with Gasteiger partial charge in [0.15, 0.2) is 0 Å². The normalized spacial score (nSPS) is 10.6. The van der Waals surface area contributed by atoms with Crippen LogP contribution in [0.25, 0.3) is 10.9 Å². The van der Waals surface area contributed by atoms with Crippen molar-refractivity contribution in [2.45, 2.75) is 13.3 Å². The lowest BCUT2D eigenvalue weighted by Crippen LogP contribution is -2.22. The topological polar surface area (TPSA) is 72.7 Å². The van der Waals surface area contributed by atoms with Gasteiger partial charge in [-0.15, -0.1) is 4.91 Å². The molecule has 0 atom stereocenters. The minimum atomic E-state index is -0.0946. The van der Waals surface area contributed by atoms with Gasteiger partial charge in [-0.3, -0.25) is 4.79 Å². The number of carbonyl (C=O) groups is 1. The second-order valence-corrected chi connectivity index (χ2v) is 4.72. The number of methoxy groups -OCH3 is 1. The highest BCUT2D eigenvalue weighted by Crippen LogP contribution is 2.32. The number of hydrogen-bond donors (Lipinski definition) is 1. The molecule has 106 valence electrons. The quantitative estimate of drug-likeness (QED) is 0.861. The molecule has 1 aromatic heterocycles. The van der Waals surface area contributed by atoms with Crippen LogP contribution in [-0.2, 0) is 11.2 Å². The Morgan fingerprint density at radius 3 is 2.85 bits per heavy atom. The third kappa shape index (κ3) is 2.75. The summed E-state index contributed by atoms with van der Waals surface area (Å²) in [5, 5.41) is 6.89. The number of nitrogens with zero attached hydrogens (tertiary/aromatic N) is 2. The molecule has 1 N–H and O–H groups in total. The van der Waals surface area contributed by atoms with Crippen LogP contribution >= 0.6 is 11.6 Å². The molecule has 0 bridgehead atoms. The van der Waals surface area contributed by atoms with Gasteiger partial charge in [0.25, 0.3) is 0 Å². The highest BCUT2D eigenvalue weighted by atomic mass is 35.5. The van der Waals surface area contributed by atoms with E-state index in [1.807, 2.05) is 0 Å². The Labute approximate surface area is 120 Å². The van der Waals surface area contributed by atoms with E-state index < -0.39 is 0 Å². The molecule has 0 fully saturated rings. The van der Waals surface area contributed by atoms with Gasteiger partial charge in [-0.25, -0.2) is 4.68 Å². The van der Waals surface area contributed by atoms with E-state index in [0.29, 0.717) is 29.3 Å². The first-order valence-electron chi connectivity index (χ1n) is 6.02. The van der Waals surface area contributed by atoms with Crippen molar-refractivity contribution >= 4 is 28.4 Å². The van der Waals surface area contributed by atoms with Crippen molar-refractivity contribution in [1.82, 2.24) is 9.99 Å². The van der Waals surface area contributed by atoms with Gasteiger partial charge in [0, 0.05) is 25.1 Å². The predicted octanol–water partition coefficient (Wildman–Crippen LogP) is 2.51. The van der Waals surface area contributed by atoms with E-state index in [2.05, 4.69) is 10.6 Å². The number of rotatable bonds is 5. The third-order valence-electron chi connectivity index (χ3n) is 3.00. The summed E-state index contributed by atoms with van der Waals surface area (Å²) in [5.74, 6) is 0.437. The Kier molecular flexibility index (Phi) is 4.24. The summed E-state index contributed by atoms with van der Waals surface area (Å²) in [5.41, 5.74) is 1.51. The van der Waals surface area contributed by atoms with E-state index in [1.54, 1.807) is 18.3 Å². The lowest BCUT2D eigenvalue weighted by Gasteiger charge is -2.05. The molecule has 1 amide bonds. The summed E-state index contributed by atoms with van der Waals surface area (Å²) in [4.78, 5) is 21.7. The number of carbonyl (C=O) groups excluding carboxylic acids is 1. The Balaban J connectivity index is 2.43. The van der Waals surface area contributed by atoms with E-state index in [-0.39, 0.29) is 5.91 Å². The fourth-order valence-electron chi connectivity index (χ4n) is 2.07. The molecule has 1 aromatic carbocycles. The lowest BCUT2D eigenvalue weighted by atomic mass is 10.1. The molecule has 2 aromatic rings. The molecule has 2 rings (SSSR count). The number of nitroso groups, excluding NO2 is 1. The van der Waals surface area contributed by atoms with E-state index in [4.69, 9.17) is 16.3 Å². The maximum Gasteiger partial charge on any atom is 0.216 e. The number of amides is 1. The zero-order chi connectivity index (χ0) is 14.7. The highest BCUT2D eigenvalue weighted by Gasteiger charge is 2.13. The van der Waals surface area contributed by atoms with Gasteiger partial charge in [0.2, 0.25) is 5.91 Å². The van der Waals surface area contributed by atoms with Gasteiger partial charge in [0.05, 0.1) is 22.9 Å². The number of benzene rings is 1. The van der Waals surface area contributed by atoms with E-state index >= 15 is 0 Å². The van der Waals surface area contributed by atoms with Gasteiger partial charge in [-0.2, -0.15) is 0 Å². The van der Waals surface area contributed by atoms with Crippen LogP contribution in [0.4, 0.5) is 0 Å². The maximum atomic E-state index is 10.9. The maximum absolute atomic E-state index is 10.9. The van der Waals surface area contributed by atoms with Gasteiger partial charge >= 0.3 is 0 Å². The summed E-state index contributed by atoms with van der Waals surface area (Å²) < 4.78 is 6.40. The van der Waals surface area contributed by atoms with Crippen LogP contribution in [0.1, 0.15) is 12.5 Å². The number of hydrogen-bond acceptors (Lipinski definition) is 4. The molecule has 0 aliphatic rings. The first-order chi connectivity index (χ1) is 9.56. The van der Waals surface area contributed by atoms with Crippen LogP contribution in [-0.4, -0.2) is 24.2 Å². The Bertz CT molecular complexity index is 666. The Morgan fingerprint density at radius 2 is 2.25 bits per heavy atom. The zero-order valence-corrected chi connectivity index (χ0v) is 11.9. The Hall–Kier alpha value is -2.08. The fraction of sp³-hybridized carbons (Fsp3) is 0.308. The van der Waals surface area contributed by atoms with Gasteiger partial charge < -0.3 is 10.1 Å². The molecule has 1 heterocycles. The summed E-state index contributed by atoms with van der Waals surface area (Å²) in [7, 11) is 1.53. The number of nitrogens with one attached hydrogen (secondary N) is 1. The monoisotopic (exact) mass is 295 g/mol. The van der Waals surface area contributed by atoms with Crippen molar-refractivity contribution in [3.05, 3.63) is 33.8 Å². The molecular formula is C13H14ClN3O3. The first kappa shape index (κ1) is 14.3. The minimum absolute atomic E-state index is 0.0946. The van der Waals surface area contributed by atoms with Gasteiger partial charge in [0.1, 0.15) is 5.75 Å². The standard InChI is InChI=1S/C13H14ClN3O3/c1-8(18)15-4-3-9-7-17(16-19)12-6-11(14)13(20-2)5-10(9)12/h5-7H,3-4H2,1-2H3,(H,15,18). The first-order valence-corrected chi connectivity index (χ1v) is 6.40. The molecule has 0 radical (unpaired) electrons. The predicted molar refractivity (Wildman–Crippen MR) is 77.1 cm³/mol. The Morgan fingerprint density at radius 1 is 1.50 bits per heavy atom. The van der Waals surface area contributed by atoms with Crippen LogP contribution in [0.5, 0.6) is 5.75 Å². The van der Waals surface area contributed by atoms with Crippen molar-refractivity contribution in [2.75, 3.05) is 13.7 Å². The summed E-state index contributed by atoms with van der Waals surface area (Å²) in [6.07, 6.45) is 2.22. The molecule has 0 saturated carbocycles. The SMILES string of the molecule is COc1cc2c(CCNC(C)=O)cn(N=O)c2cc1Cl. The molecule has 0 aliphatic heterocycles. The number of fused-ring (bicyclic) bond motifs is 1. The molecule has 7 heteroatoms. The second-order valence-electron chi connectivity index (χ2n) is 4.32. The average Bonchev–Trinajstić information content (AvgIpc) is 2.74. The lowest BCUT2D eigenvalue weighted by molar-refractivity contribution is -0.118. The molecule has 0 aliphatic carbocycles. The minimum Gasteiger partial charge on any atom is -0.495 e. The third-order valence-corrected chi connectivity index (χ3v) is 3.29. The van der Waals surface area contributed by atoms with Crippen molar-refractivity contribution in [3.63, 3.8) is 0 Å². The molecule has 0 spiro atoms. The van der Waals surface area contributed by atoms with E-state index in [1.165, 1.54) is 18.7 Å². The summed E-state index contributed by atoms with van der Waals surface area (Å²) in [6.45, 7) is 1.94. The van der Waals surface area contributed by atoms with Crippen LogP contribution in [0, 0.1) is 4.91 Å². The van der Waals surface area contributed by atoms with Crippen LogP contribution < -0.4 is 10.1 Å². The van der Waals surface area contributed by atoms with Crippen LogP contribution in [0.2, 0.25) is 5.02 Å². The van der Waals surface area contributed by atoms with Crippen LogP contribution in [0.3, 0.4) is 0 Å². The highest BCUT2D eigenvalue weighted by molar-refractivity contribution is 6.32. The molecule has 0 unspecified atom stereocenters. The smallest absolute Gasteiger partial charge is 0.216 e. The summed E-state index contributed by atoms with van der Waals surface area (Å²) in [6, 6.07) is 3.40. The molecule has 6 nitrogen and oxygen atoms in total. The average molecular weight is 296 g/mol. The van der Waals surface area contributed by atoms with Crippen molar-refractivity contribution in [1.29, 1.82) is 0 Å².